The Kier molecular flexibility index (Phi) is 6.74. The number of benzene rings is 2. The lowest BCUT2D eigenvalue weighted by molar-refractivity contribution is -0.122. The van der Waals surface area contributed by atoms with E-state index in [1.807, 2.05) is 48.7 Å². The van der Waals surface area contributed by atoms with Gasteiger partial charge in [0, 0.05) is 59.3 Å². The van der Waals surface area contributed by atoms with E-state index in [1.54, 1.807) is 6.26 Å². The van der Waals surface area contributed by atoms with Gasteiger partial charge in [0.2, 0.25) is 0 Å². The molecule has 4 aromatic rings. The third kappa shape index (κ3) is 4.75. The van der Waals surface area contributed by atoms with Crippen molar-refractivity contribution in [2.45, 2.75) is 45.3 Å². The fourth-order valence-electron chi connectivity index (χ4n) is 5.73. The maximum Gasteiger partial charge on any atom is 0.259 e. The summed E-state index contributed by atoms with van der Waals surface area (Å²) in [6, 6.07) is 13.5. The van der Waals surface area contributed by atoms with E-state index in [0.29, 0.717) is 34.5 Å². The number of ether oxygens (including phenoxy) is 1. The fraction of sp³-hybridized carbons (Fsp3) is 0.355. The molecule has 202 valence electrons. The number of carbonyl (C=O) groups excluding carboxylic acids is 2. The Bertz CT molecular complexity index is 1590. The maximum atomic E-state index is 13.3. The number of imide groups is 1. The Balaban J connectivity index is 1.35. The number of nitrogens with one attached hydrogen (secondary N) is 1. The lowest BCUT2D eigenvalue weighted by Gasteiger charge is -2.29. The van der Waals surface area contributed by atoms with Crippen LogP contribution in [-0.4, -0.2) is 58.7 Å². The largest absolute Gasteiger partial charge is 0.494 e. The highest BCUT2D eigenvalue weighted by Gasteiger charge is 2.35. The normalized spacial score (nSPS) is 17.2. The van der Waals surface area contributed by atoms with E-state index in [1.165, 1.54) is 0 Å². The number of aliphatic hydroxyl groups excluding tert-OH is 1. The molecule has 2 aliphatic heterocycles. The number of aromatic nitrogens is 1. The average Bonchev–Trinajstić information content (AvgIpc) is 3.62. The van der Waals surface area contributed by atoms with Crippen molar-refractivity contribution in [2.75, 3.05) is 26.2 Å². The van der Waals surface area contributed by atoms with Gasteiger partial charge in [-0.1, -0.05) is 18.2 Å². The number of nitrogens with zero attached hydrogens (tertiary/aromatic N) is 2. The molecule has 0 spiro atoms. The number of rotatable bonds is 8. The van der Waals surface area contributed by atoms with Crippen LogP contribution >= 0.6 is 0 Å². The molecule has 0 atom stereocenters. The van der Waals surface area contributed by atoms with Gasteiger partial charge in [-0.25, -0.2) is 0 Å². The molecular formula is C31H33N3O5. The van der Waals surface area contributed by atoms with E-state index in [2.05, 4.69) is 28.6 Å². The molecule has 0 unspecified atom stereocenters. The molecule has 8 nitrogen and oxygen atoms in total. The van der Waals surface area contributed by atoms with Gasteiger partial charge in [-0.15, -0.1) is 0 Å². The van der Waals surface area contributed by atoms with E-state index in [9.17, 15) is 14.7 Å². The van der Waals surface area contributed by atoms with Crippen LogP contribution in [0, 0.1) is 0 Å². The zero-order chi connectivity index (χ0) is 27.1. The molecule has 2 N–H and O–H groups in total. The Morgan fingerprint density at radius 3 is 2.59 bits per heavy atom. The van der Waals surface area contributed by atoms with Gasteiger partial charge < -0.3 is 23.7 Å². The predicted octanol–water partition coefficient (Wildman–Crippen LogP) is 4.76. The number of piperidine rings is 1. The van der Waals surface area contributed by atoms with Gasteiger partial charge in [0.25, 0.3) is 11.8 Å². The van der Waals surface area contributed by atoms with Crippen molar-refractivity contribution in [1.29, 1.82) is 0 Å². The smallest absolute Gasteiger partial charge is 0.259 e. The van der Waals surface area contributed by atoms with E-state index >= 15 is 0 Å². The fourth-order valence-corrected chi connectivity index (χ4v) is 5.73. The Morgan fingerprint density at radius 1 is 1.05 bits per heavy atom. The molecule has 0 radical (unpaired) electrons. The first-order chi connectivity index (χ1) is 18.9. The Hall–Kier alpha value is -3.88. The Morgan fingerprint density at radius 2 is 1.82 bits per heavy atom. The van der Waals surface area contributed by atoms with Gasteiger partial charge in [-0.05, 0) is 57.4 Å². The van der Waals surface area contributed by atoms with Gasteiger partial charge in [0.1, 0.15) is 11.3 Å². The van der Waals surface area contributed by atoms with Crippen molar-refractivity contribution >= 4 is 44.8 Å². The number of carbonyl (C=O) groups is 2. The van der Waals surface area contributed by atoms with Gasteiger partial charge in [0.15, 0.2) is 0 Å². The highest BCUT2D eigenvalue weighted by atomic mass is 16.5. The van der Waals surface area contributed by atoms with Crippen molar-refractivity contribution in [2.24, 2.45) is 0 Å². The van der Waals surface area contributed by atoms with Gasteiger partial charge in [0.05, 0.1) is 30.1 Å². The molecule has 8 heteroatoms. The number of furan rings is 1. The zero-order valence-corrected chi connectivity index (χ0v) is 22.3. The summed E-state index contributed by atoms with van der Waals surface area (Å²) in [6.45, 7) is 7.52. The summed E-state index contributed by atoms with van der Waals surface area (Å²) in [5, 5.41) is 13.9. The molecule has 2 aromatic heterocycles. The predicted molar refractivity (Wildman–Crippen MR) is 150 cm³/mol. The van der Waals surface area contributed by atoms with Gasteiger partial charge in [-0.3, -0.25) is 14.9 Å². The summed E-state index contributed by atoms with van der Waals surface area (Å²) >= 11 is 0. The second-order valence-electron chi connectivity index (χ2n) is 10.7. The van der Waals surface area contributed by atoms with Crippen molar-refractivity contribution in [3.05, 3.63) is 66.1 Å². The van der Waals surface area contributed by atoms with Crippen LogP contribution in [-0.2, 0) is 9.59 Å². The number of amides is 2. The summed E-state index contributed by atoms with van der Waals surface area (Å²) in [5.41, 5.74) is 3.50. The van der Waals surface area contributed by atoms with E-state index < -0.39 is 11.8 Å². The van der Waals surface area contributed by atoms with E-state index in [0.717, 1.165) is 60.9 Å². The quantitative estimate of drug-likeness (QED) is 0.253. The summed E-state index contributed by atoms with van der Waals surface area (Å²) < 4.78 is 14.0. The number of likely N-dealkylation sites (tertiary alicyclic amines) is 1. The third-order valence-electron chi connectivity index (χ3n) is 7.75. The van der Waals surface area contributed by atoms with Crippen molar-refractivity contribution in [3.8, 4) is 5.75 Å². The number of aliphatic hydroxyl groups is 1. The van der Waals surface area contributed by atoms with Crippen molar-refractivity contribution in [1.82, 2.24) is 14.8 Å². The van der Waals surface area contributed by atoms with Crippen LogP contribution in [0.4, 0.5) is 0 Å². The van der Waals surface area contributed by atoms with Crippen LogP contribution in [0.25, 0.3) is 33.0 Å². The maximum absolute atomic E-state index is 13.3. The SMILES string of the molecule is CC(C)n1cc(C2=C(c3cccc4ccoc34)C(=O)NC2=O)c2cc(OCCCN3CCC(O)CC3)ccc21. The van der Waals surface area contributed by atoms with Crippen LogP contribution in [0.15, 0.2) is 59.3 Å². The monoisotopic (exact) mass is 527 g/mol. The van der Waals surface area contributed by atoms with Crippen LogP contribution in [0.3, 0.4) is 0 Å². The van der Waals surface area contributed by atoms with Crippen LogP contribution < -0.4 is 10.1 Å². The van der Waals surface area contributed by atoms with Gasteiger partial charge in [-0.2, -0.15) is 0 Å². The molecule has 0 bridgehead atoms. The van der Waals surface area contributed by atoms with E-state index in [4.69, 9.17) is 9.15 Å². The second-order valence-corrected chi connectivity index (χ2v) is 10.7. The molecule has 39 heavy (non-hydrogen) atoms. The summed E-state index contributed by atoms with van der Waals surface area (Å²) in [6.07, 6.45) is 5.92. The summed E-state index contributed by atoms with van der Waals surface area (Å²) in [4.78, 5) is 28.7. The number of para-hydroxylation sites is 1. The van der Waals surface area contributed by atoms with Gasteiger partial charge >= 0.3 is 0 Å². The molecule has 2 aliphatic rings. The first-order valence-corrected chi connectivity index (χ1v) is 13.7. The minimum Gasteiger partial charge on any atom is -0.494 e. The zero-order valence-electron chi connectivity index (χ0n) is 22.3. The summed E-state index contributed by atoms with van der Waals surface area (Å²) in [5.74, 6) is -0.124. The van der Waals surface area contributed by atoms with Crippen molar-refractivity contribution in [3.63, 3.8) is 0 Å². The minimum absolute atomic E-state index is 0.147. The lowest BCUT2D eigenvalue weighted by atomic mass is 9.95. The number of fused-ring (bicyclic) bond motifs is 2. The first kappa shape index (κ1) is 25.4. The van der Waals surface area contributed by atoms with Crippen LogP contribution in [0.5, 0.6) is 5.75 Å². The molecule has 0 aliphatic carbocycles. The van der Waals surface area contributed by atoms with Crippen molar-refractivity contribution < 1.29 is 23.8 Å². The molecule has 6 rings (SSSR count). The minimum atomic E-state index is -0.429. The molecule has 1 fully saturated rings. The lowest BCUT2D eigenvalue weighted by Crippen LogP contribution is -2.36. The molecule has 0 saturated carbocycles. The highest BCUT2D eigenvalue weighted by molar-refractivity contribution is 6.50. The standard InChI is InChI=1S/C31H33N3O5/c1-19(2)34-18-25(28-27(30(36)32-31(28)37)23-6-3-5-20-11-16-39-29(20)23)24-17-22(7-8-26(24)34)38-15-4-12-33-13-9-21(35)10-14-33/h3,5-8,11,16-19,21,35H,4,9-10,12-15H2,1-2H3,(H,32,36,37). The average molecular weight is 528 g/mol. The van der Waals surface area contributed by atoms with E-state index in [-0.39, 0.29) is 12.1 Å². The van der Waals surface area contributed by atoms with Crippen LogP contribution in [0.2, 0.25) is 0 Å². The third-order valence-corrected chi connectivity index (χ3v) is 7.75. The molecular weight excluding hydrogens is 494 g/mol. The summed E-state index contributed by atoms with van der Waals surface area (Å²) in [7, 11) is 0. The Labute approximate surface area is 226 Å². The molecule has 4 heterocycles. The second kappa shape index (κ2) is 10.4. The number of hydrogen-bond acceptors (Lipinski definition) is 6. The number of hydrogen-bond donors (Lipinski definition) is 2. The first-order valence-electron chi connectivity index (χ1n) is 13.7. The molecule has 2 aromatic carbocycles. The highest BCUT2D eigenvalue weighted by Crippen LogP contribution is 2.40. The molecule has 1 saturated heterocycles. The topological polar surface area (TPSA) is 96.9 Å². The molecule has 2 amide bonds. The van der Waals surface area contributed by atoms with Crippen LogP contribution in [0.1, 0.15) is 50.3 Å².